The number of nitrogens with zero attached hydrogens (tertiary/aromatic N) is 2. The molecule has 3 aromatic rings. The zero-order valence-corrected chi connectivity index (χ0v) is 18.9. The van der Waals surface area contributed by atoms with Crippen LogP contribution in [0.5, 0.6) is 0 Å². The second-order valence-electron chi connectivity index (χ2n) is 8.03. The maximum Gasteiger partial charge on any atom is 0.229 e. The van der Waals surface area contributed by atoms with Crippen LogP contribution in [0.1, 0.15) is 54.8 Å². The Bertz CT molecular complexity index is 1030. The molecule has 6 heteroatoms. The Labute approximate surface area is 191 Å². The van der Waals surface area contributed by atoms with Crippen LogP contribution in [0.15, 0.2) is 59.2 Å². The summed E-state index contributed by atoms with van der Waals surface area (Å²) in [7, 11) is 0. The molecular weight excluding hydrogens is 454 g/mol. The Kier molecular flexibility index (Phi) is 7.10. The molecule has 2 aromatic carbocycles. The van der Waals surface area contributed by atoms with Gasteiger partial charge in [-0.15, -0.1) is 0 Å². The Hall–Kier alpha value is -2.57. The van der Waals surface area contributed by atoms with Gasteiger partial charge in [0.25, 0.3) is 0 Å². The maximum atomic E-state index is 12.7. The fraction of sp³-hybridized carbons (Fsp3) is 0.320. The van der Waals surface area contributed by atoms with Gasteiger partial charge in [-0.1, -0.05) is 71.6 Å². The summed E-state index contributed by atoms with van der Waals surface area (Å²) in [4.78, 5) is 22.3. The average molecular weight is 480 g/mol. The molecule has 1 amide bonds. The first-order valence-corrected chi connectivity index (χ1v) is 11.5. The van der Waals surface area contributed by atoms with Gasteiger partial charge in [0.1, 0.15) is 0 Å². The van der Waals surface area contributed by atoms with Gasteiger partial charge in [0.05, 0.1) is 30.6 Å². The lowest BCUT2D eigenvalue weighted by molar-refractivity contribution is -0.115. The lowest BCUT2D eigenvalue weighted by Crippen LogP contribution is -2.19. The van der Waals surface area contributed by atoms with Crippen molar-refractivity contribution in [3.05, 3.63) is 76.0 Å². The van der Waals surface area contributed by atoms with E-state index in [2.05, 4.69) is 26.2 Å². The highest BCUT2D eigenvalue weighted by Crippen LogP contribution is 2.35. The summed E-state index contributed by atoms with van der Waals surface area (Å²) in [6.45, 7) is 0.0165. The largest absolute Gasteiger partial charge is 0.392 e. The second-order valence-corrected chi connectivity index (χ2v) is 8.95. The van der Waals surface area contributed by atoms with Crippen LogP contribution >= 0.6 is 15.9 Å². The van der Waals surface area contributed by atoms with Gasteiger partial charge >= 0.3 is 0 Å². The zero-order chi connectivity index (χ0) is 21.6. The predicted molar refractivity (Wildman–Crippen MR) is 126 cm³/mol. The number of aromatic nitrogens is 2. The summed E-state index contributed by atoms with van der Waals surface area (Å²) in [6.07, 6.45) is 7.74. The van der Waals surface area contributed by atoms with Gasteiger partial charge in [-0.3, -0.25) is 4.79 Å². The van der Waals surface area contributed by atoms with Crippen molar-refractivity contribution in [3.8, 4) is 11.3 Å². The molecule has 2 N–H and O–H groups in total. The first-order chi connectivity index (χ1) is 15.1. The van der Waals surface area contributed by atoms with Crippen LogP contribution in [-0.2, 0) is 17.8 Å². The Morgan fingerprint density at radius 1 is 1.00 bits per heavy atom. The number of aliphatic hydroxyl groups excluding tert-OH is 1. The number of amides is 1. The molecule has 1 aliphatic rings. The Morgan fingerprint density at radius 3 is 2.35 bits per heavy atom. The number of aliphatic hydroxyl groups is 1. The highest BCUT2D eigenvalue weighted by Gasteiger charge is 2.23. The number of anilines is 1. The van der Waals surface area contributed by atoms with Crippen LogP contribution in [0.4, 0.5) is 5.82 Å². The van der Waals surface area contributed by atoms with Gasteiger partial charge in [-0.25, -0.2) is 9.97 Å². The van der Waals surface area contributed by atoms with E-state index in [-0.39, 0.29) is 12.5 Å². The maximum absolute atomic E-state index is 12.7. The van der Waals surface area contributed by atoms with E-state index in [1.165, 1.54) is 19.3 Å². The summed E-state index contributed by atoms with van der Waals surface area (Å²) in [6, 6.07) is 15.4. The third-order valence-corrected chi connectivity index (χ3v) is 6.29. The fourth-order valence-electron chi connectivity index (χ4n) is 4.04. The minimum atomic E-state index is -0.0891. The molecule has 1 aliphatic carbocycles. The SMILES string of the molecule is O=C(Cc1ccc(Br)cc1)Nc1ncc(-c2ccc(CO)cc2)nc1C1CCCCC1. The molecule has 1 aromatic heterocycles. The van der Waals surface area contributed by atoms with Crippen molar-refractivity contribution in [2.24, 2.45) is 0 Å². The molecule has 0 radical (unpaired) electrons. The smallest absolute Gasteiger partial charge is 0.229 e. The Balaban J connectivity index is 1.59. The van der Waals surface area contributed by atoms with E-state index in [0.717, 1.165) is 45.4 Å². The molecule has 0 bridgehead atoms. The van der Waals surface area contributed by atoms with Gasteiger partial charge in [-0.05, 0) is 36.1 Å². The molecule has 1 fully saturated rings. The van der Waals surface area contributed by atoms with Gasteiger partial charge in [0, 0.05) is 16.0 Å². The molecule has 31 heavy (non-hydrogen) atoms. The lowest BCUT2D eigenvalue weighted by Gasteiger charge is -2.23. The van der Waals surface area contributed by atoms with E-state index < -0.39 is 0 Å². The molecule has 4 rings (SSSR count). The molecule has 0 atom stereocenters. The van der Waals surface area contributed by atoms with E-state index in [1.807, 2.05) is 48.5 Å². The van der Waals surface area contributed by atoms with Gasteiger partial charge in [0.2, 0.25) is 5.91 Å². The number of hydrogen-bond acceptors (Lipinski definition) is 4. The number of carbonyl (C=O) groups excluding carboxylic acids is 1. The van der Waals surface area contributed by atoms with Crippen molar-refractivity contribution in [3.63, 3.8) is 0 Å². The molecule has 0 saturated heterocycles. The molecule has 0 unspecified atom stereocenters. The molecule has 1 heterocycles. The standard InChI is InChI=1S/C25H26BrN3O2/c26-21-12-8-17(9-13-21)14-23(31)29-25-24(20-4-2-1-3-5-20)28-22(15-27-25)19-10-6-18(16-30)7-11-19/h6-13,15,20,30H,1-5,14,16H2,(H,27,29,31). The van der Waals surface area contributed by atoms with E-state index in [9.17, 15) is 9.90 Å². The van der Waals surface area contributed by atoms with Crippen LogP contribution in [0.25, 0.3) is 11.3 Å². The highest BCUT2D eigenvalue weighted by molar-refractivity contribution is 9.10. The van der Waals surface area contributed by atoms with Crippen molar-refractivity contribution < 1.29 is 9.90 Å². The first kappa shape index (κ1) is 21.7. The normalized spacial score (nSPS) is 14.4. The van der Waals surface area contributed by atoms with Crippen LogP contribution in [-0.4, -0.2) is 21.0 Å². The van der Waals surface area contributed by atoms with E-state index >= 15 is 0 Å². The Morgan fingerprint density at radius 2 is 1.68 bits per heavy atom. The fourth-order valence-corrected chi connectivity index (χ4v) is 4.31. The highest BCUT2D eigenvalue weighted by atomic mass is 79.9. The van der Waals surface area contributed by atoms with Crippen LogP contribution < -0.4 is 5.32 Å². The molecular formula is C25H26BrN3O2. The topological polar surface area (TPSA) is 75.1 Å². The summed E-state index contributed by atoms with van der Waals surface area (Å²) >= 11 is 3.42. The van der Waals surface area contributed by atoms with Crippen molar-refractivity contribution in [2.45, 2.75) is 51.0 Å². The van der Waals surface area contributed by atoms with Gasteiger partial charge < -0.3 is 10.4 Å². The third kappa shape index (κ3) is 5.57. The summed E-state index contributed by atoms with van der Waals surface area (Å²) in [5, 5.41) is 12.3. The van der Waals surface area contributed by atoms with E-state index in [0.29, 0.717) is 18.2 Å². The number of halogens is 1. The summed E-state index contributed by atoms with van der Waals surface area (Å²) < 4.78 is 0.990. The molecule has 160 valence electrons. The first-order valence-electron chi connectivity index (χ1n) is 10.7. The predicted octanol–water partition coefficient (Wildman–Crippen LogP) is 5.63. The summed E-state index contributed by atoms with van der Waals surface area (Å²) in [5.41, 5.74) is 4.44. The number of carbonyl (C=O) groups is 1. The zero-order valence-electron chi connectivity index (χ0n) is 17.4. The number of rotatable bonds is 6. The number of nitrogens with one attached hydrogen (secondary N) is 1. The number of hydrogen-bond donors (Lipinski definition) is 2. The van der Waals surface area contributed by atoms with E-state index in [1.54, 1.807) is 6.20 Å². The molecule has 0 aliphatic heterocycles. The van der Waals surface area contributed by atoms with Crippen LogP contribution in [0.2, 0.25) is 0 Å². The van der Waals surface area contributed by atoms with E-state index in [4.69, 9.17) is 4.98 Å². The molecule has 0 spiro atoms. The van der Waals surface area contributed by atoms with Crippen LogP contribution in [0.3, 0.4) is 0 Å². The van der Waals surface area contributed by atoms with Crippen molar-refractivity contribution in [1.82, 2.24) is 9.97 Å². The monoisotopic (exact) mass is 479 g/mol. The third-order valence-electron chi connectivity index (χ3n) is 5.76. The van der Waals surface area contributed by atoms with Crippen molar-refractivity contribution in [2.75, 3.05) is 5.32 Å². The minimum Gasteiger partial charge on any atom is -0.392 e. The average Bonchev–Trinajstić information content (AvgIpc) is 2.81. The van der Waals surface area contributed by atoms with Crippen molar-refractivity contribution in [1.29, 1.82) is 0 Å². The van der Waals surface area contributed by atoms with Crippen molar-refractivity contribution >= 4 is 27.7 Å². The van der Waals surface area contributed by atoms with Gasteiger partial charge in [0.15, 0.2) is 5.82 Å². The van der Waals surface area contributed by atoms with Gasteiger partial charge in [-0.2, -0.15) is 0 Å². The lowest BCUT2D eigenvalue weighted by atomic mass is 9.86. The number of benzene rings is 2. The molecule has 5 nitrogen and oxygen atoms in total. The van der Waals surface area contributed by atoms with Crippen LogP contribution in [0, 0.1) is 0 Å². The summed E-state index contributed by atoms with van der Waals surface area (Å²) in [5.74, 6) is 0.791. The minimum absolute atomic E-state index is 0.0165. The quantitative estimate of drug-likeness (QED) is 0.480. The molecule has 1 saturated carbocycles. The second kappa shape index (κ2) is 10.2.